The van der Waals surface area contributed by atoms with Gasteiger partial charge in [-0.05, 0) is 42.2 Å². The topological polar surface area (TPSA) is 61.4 Å². The smallest absolute Gasteiger partial charge is 0.322 e. The summed E-state index contributed by atoms with van der Waals surface area (Å²) in [6, 6.07) is 19.6. The van der Waals surface area contributed by atoms with Crippen LogP contribution in [0.5, 0.6) is 0 Å². The number of carbonyl (C=O) groups is 2. The van der Waals surface area contributed by atoms with Crippen LogP contribution in [0.15, 0.2) is 66.0 Å². The molecule has 2 aliphatic rings. The van der Waals surface area contributed by atoms with Gasteiger partial charge in [0.05, 0.1) is 17.3 Å². The zero-order valence-electron chi connectivity index (χ0n) is 17.5. The number of hydrogen-bond acceptors (Lipinski definition) is 3. The summed E-state index contributed by atoms with van der Waals surface area (Å²) >= 11 is 1.57. The highest BCUT2D eigenvalue weighted by Crippen LogP contribution is 2.45. The molecule has 32 heavy (non-hydrogen) atoms. The highest BCUT2D eigenvalue weighted by molar-refractivity contribution is 7.17. The average molecular weight is 440 g/mol. The van der Waals surface area contributed by atoms with E-state index in [1.54, 1.807) is 16.2 Å². The van der Waals surface area contributed by atoms with Gasteiger partial charge in [-0.2, -0.15) is 0 Å². The number of anilines is 2. The number of thiophene rings is 1. The number of rotatable bonds is 3. The average Bonchev–Trinajstić information content (AvgIpc) is 3.43. The minimum Gasteiger partial charge on any atom is -0.327 e. The largest absolute Gasteiger partial charge is 0.327 e. The lowest BCUT2D eigenvalue weighted by molar-refractivity contribution is 0.102. The number of aryl methyl sites for hydroxylation is 1. The van der Waals surface area contributed by atoms with Crippen LogP contribution < -0.4 is 15.5 Å². The Morgan fingerprint density at radius 1 is 1.09 bits per heavy atom. The Labute approximate surface area is 189 Å². The van der Waals surface area contributed by atoms with Crippen LogP contribution in [0.3, 0.4) is 0 Å². The fraction of sp³-hybridized carbons (Fsp3) is 0.154. The van der Waals surface area contributed by atoms with E-state index < -0.39 is 0 Å². The molecule has 0 radical (unpaired) electrons. The Morgan fingerprint density at radius 3 is 2.78 bits per heavy atom. The maximum Gasteiger partial charge on any atom is 0.322 e. The maximum absolute atomic E-state index is 13.3. The van der Waals surface area contributed by atoms with Crippen LogP contribution in [0, 0.1) is 6.92 Å². The van der Waals surface area contributed by atoms with Crippen LogP contribution in [0.4, 0.5) is 16.2 Å². The Kier molecular flexibility index (Phi) is 4.30. The van der Waals surface area contributed by atoms with E-state index in [1.165, 1.54) is 0 Å². The van der Waals surface area contributed by atoms with Gasteiger partial charge in [-0.25, -0.2) is 4.79 Å². The number of urea groups is 1. The Balaban J connectivity index is 1.48. The van der Waals surface area contributed by atoms with E-state index in [1.807, 2.05) is 73.0 Å². The van der Waals surface area contributed by atoms with Crippen LogP contribution in [0.2, 0.25) is 0 Å². The van der Waals surface area contributed by atoms with Crippen molar-refractivity contribution in [1.29, 1.82) is 0 Å². The van der Waals surface area contributed by atoms with Gasteiger partial charge >= 0.3 is 6.03 Å². The molecule has 1 atom stereocenters. The first-order valence-electron chi connectivity index (χ1n) is 10.7. The molecule has 1 unspecified atom stereocenters. The van der Waals surface area contributed by atoms with Crippen LogP contribution in [-0.2, 0) is 6.42 Å². The summed E-state index contributed by atoms with van der Waals surface area (Å²) in [5.41, 5.74) is 6.59. The number of fused-ring (bicyclic) bond motifs is 1. The fourth-order valence-electron chi connectivity index (χ4n) is 4.88. The molecule has 6 rings (SSSR count). The number of benzene rings is 3. The fourth-order valence-corrected chi connectivity index (χ4v) is 5.82. The van der Waals surface area contributed by atoms with Gasteiger partial charge in [0.2, 0.25) is 0 Å². The lowest BCUT2D eigenvalue weighted by Crippen LogP contribution is -2.46. The van der Waals surface area contributed by atoms with Crippen LogP contribution in [0.1, 0.15) is 38.7 Å². The van der Waals surface area contributed by atoms with E-state index in [0.717, 1.165) is 50.1 Å². The monoisotopic (exact) mass is 439 g/mol. The van der Waals surface area contributed by atoms with Crippen molar-refractivity contribution in [2.45, 2.75) is 19.4 Å². The van der Waals surface area contributed by atoms with E-state index in [0.29, 0.717) is 12.1 Å². The SMILES string of the molecule is Cc1ccccc1C1NC(=O)N2CCc3ccc(NC(=O)c4csc5ccccc45)c1c32. The molecule has 3 heterocycles. The maximum atomic E-state index is 13.3. The second-order valence-electron chi connectivity index (χ2n) is 8.27. The third kappa shape index (κ3) is 2.83. The molecule has 0 saturated carbocycles. The Morgan fingerprint density at radius 2 is 1.91 bits per heavy atom. The minimum atomic E-state index is -0.317. The number of nitrogens with zero attached hydrogens (tertiary/aromatic N) is 1. The van der Waals surface area contributed by atoms with E-state index in [2.05, 4.69) is 10.6 Å². The van der Waals surface area contributed by atoms with Crippen LogP contribution in [-0.4, -0.2) is 18.5 Å². The summed E-state index contributed by atoms with van der Waals surface area (Å²) in [5, 5.41) is 9.21. The van der Waals surface area contributed by atoms with Gasteiger partial charge in [0.15, 0.2) is 0 Å². The highest BCUT2D eigenvalue weighted by atomic mass is 32.1. The van der Waals surface area contributed by atoms with Crippen molar-refractivity contribution in [3.63, 3.8) is 0 Å². The standard InChI is InChI=1S/C26H21N3O2S/c1-15-6-2-3-7-17(15)23-22-20(11-10-16-12-13-29(24(16)22)26(31)28-23)27-25(30)19-14-32-21-9-5-4-8-18(19)21/h2-11,14,23H,12-13H2,1H3,(H,27,30)(H,28,31). The summed E-state index contributed by atoms with van der Waals surface area (Å²) in [6.45, 7) is 2.70. The molecule has 3 aromatic carbocycles. The van der Waals surface area contributed by atoms with Gasteiger partial charge in [0, 0.05) is 33.3 Å². The van der Waals surface area contributed by atoms with Gasteiger partial charge in [-0.3, -0.25) is 9.69 Å². The molecule has 1 aromatic heterocycles. The molecule has 0 aliphatic carbocycles. The first-order chi connectivity index (χ1) is 15.6. The van der Waals surface area contributed by atoms with Crippen molar-refractivity contribution in [2.75, 3.05) is 16.8 Å². The van der Waals surface area contributed by atoms with Gasteiger partial charge in [0.25, 0.3) is 5.91 Å². The van der Waals surface area contributed by atoms with Crippen molar-refractivity contribution >= 4 is 44.7 Å². The first kappa shape index (κ1) is 19.1. The van der Waals surface area contributed by atoms with Gasteiger partial charge in [-0.15, -0.1) is 11.3 Å². The molecule has 6 heteroatoms. The molecule has 0 fully saturated rings. The zero-order valence-corrected chi connectivity index (χ0v) is 18.3. The van der Waals surface area contributed by atoms with E-state index in [9.17, 15) is 9.59 Å². The number of carbonyl (C=O) groups excluding carboxylic acids is 2. The van der Waals surface area contributed by atoms with Gasteiger partial charge < -0.3 is 10.6 Å². The van der Waals surface area contributed by atoms with Crippen molar-refractivity contribution in [3.05, 3.63) is 93.9 Å². The third-order valence-corrected chi connectivity index (χ3v) is 7.41. The molecule has 0 bridgehead atoms. The van der Waals surface area contributed by atoms with E-state index in [-0.39, 0.29) is 18.0 Å². The summed E-state index contributed by atoms with van der Waals surface area (Å²) < 4.78 is 1.09. The van der Waals surface area contributed by atoms with Crippen molar-refractivity contribution in [3.8, 4) is 0 Å². The first-order valence-corrected chi connectivity index (χ1v) is 11.6. The van der Waals surface area contributed by atoms with Crippen LogP contribution >= 0.6 is 11.3 Å². The highest BCUT2D eigenvalue weighted by Gasteiger charge is 2.39. The van der Waals surface area contributed by atoms with Crippen molar-refractivity contribution in [2.24, 2.45) is 0 Å². The number of nitrogens with one attached hydrogen (secondary N) is 2. The lowest BCUT2D eigenvalue weighted by Gasteiger charge is -2.35. The van der Waals surface area contributed by atoms with Gasteiger partial charge in [-0.1, -0.05) is 48.5 Å². The number of amides is 3. The summed E-state index contributed by atoms with van der Waals surface area (Å²) in [5.74, 6) is -0.136. The summed E-state index contributed by atoms with van der Waals surface area (Å²) in [6.07, 6.45) is 0.819. The second kappa shape index (κ2) is 7.21. The molecule has 158 valence electrons. The molecule has 4 aromatic rings. The number of hydrogen-bond donors (Lipinski definition) is 2. The molecule has 3 amide bonds. The van der Waals surface area contributed by atoms with Gasteiger partial charge in [0.1, 0.15) is 0 Å². The van der Waals surface area contributed by atoms with Crippen LogP contribution in [0.25, 0.3) is 10.1 Å². The van der Waals surface area contributed by atoms with Crippen molar-refractivity contribution in [1.82, 2.24) is 5.32 Å². The van der Waals surface area contributed by atoms with Crippen molar-refractivity contribution < 1.29 is 9.59 Å². The second-order valence-corrected chi connectivity index (χ2v) is 9.19. The zero-order chi connectivity index (χ0) is 21.8. The minimum absolute atomic E-state index is 0.0863. The predicted octanol–water partition coefficient (Wildman–Crippen LogP) is 5.64. The third-order valence-electron chi connectivity index (χ3n) is 6.45. The normalized spacial score (nSPS) is 16.7. The predicted molar refractivity (Wildman–Crippen MR) is 129 cm³/mol. The molecule has 2 aliphatic heterocycles. The lowest BCUT2D eigenvalue weighted by atomic mass is 9.89. The molecule has 0 spiro atoms. The van der Waals surface area contributed by atoms with E-state index >= 15 is 0 Å². The molecular weight excluding hydrogens is 418 g/mol. The summed E-state index contributed by atoms with van der Waals surface area (Å²) in [4.78, 5) is 28.0. The molecular formula is C26H21N3O2S. The van der Waals surface area contributed by atoms with E-state index in [4.69, 9.17) is 0 Å². The summed E-state index contributed by atoms with van der Waals surface area (Å²) in [7, 11) is 0. The molecule has 0 saturated heterocycles. The molecule has 2 N–H and O–H groups in total. The molecule has 5 nitrogen and oxygen atoms in total. The Bertz CT molecular complexity index is 1410. The quantitative estimate of drug-likeness (QED) is 0.434. The Hall–Kier alpha value is -3.64.